The minimum atomic E-state index is -1.08. The molecule has 0 atom stereocenters. The third-order valence-corrected chi connectivity index (χ3v) is 3.20. The van der Waals surface area contributed by atoms with E-state index in [-0.39, 0.29) is 10.6 Å². The van der Waals surface area contributed by atoms with Gasteiger partial charge in [0, 0.05) is 10.9 Å². The number of nitrogens with zero attached hydrogens (tertiary/aromatic N) is 2. The Balaban J connectivity index is 2.12. The van der Waals surface area contributed by atoms with Crippen molar-refractivity contribution in [2.75, 3.05) is 5.43 Å². The van der Waals surface area contributed by atoms with Gasteiger partial charge < -0.3 is 0 Å². The van der Waals surface area contributed by atoms with Crippen molar-refractivity contribution in [3.05, 3.63) is 45.4 Å². The van der Waals surface area contributed by atoms with Gasteiger partial charge in [-0.2, -0.15) is 5.10 Å². The van der Waals surface area contributed by atoms with Crippen molar-refractivity contribution in [1.29, 1.82) is 0 Å². The van der Waals surface area contributed by atoms with Crippen LogP contribution < -0.4 is 5.43 Å². The van der Waals surface area contributed by atoms with Crippen LogP contribution in [0.4, 0.5) is 13.9 Å². The molecular weight excluding hydrogens is 280 g/mol. The summed E-state index contributed by atoms with van der Waals surface area (Å²) in [4.78, 5) is 4.10. The maximum absolute atomic E-state index is 13.4. The van der Waals surface area contributed by atoms with Crippen molar-refractivity contribution in [2.45, 2.75) is 6.92 Å². The summed E-state index contributed by atoms with van der Waals surface area (Å²) >= 11 is 6.80. The molecule has 94 valence electrons. The van der Waals surface area contributed by atoms with Crippen LogP contribution in [-0.4, -0.2) is 11.2 Å². The minimum absolute atomic E-state index is 0.0117. The zero-order valence-electron chi connectivity index (χ0n) is 9.25. The topological polar surface area (TPSA) is 37.3 Å². The standard InChI is InChI=1S/C11H8ClF2N3S/c1-6-5-18-11(16-6)17-15-4-7-2-3-8(12)10(14)9(7)13/h2-5H,1H3,(H,16,17). The Morgan fingerprint density at radius 1 is 1.39 bits per heavy atom. The average Bonchev–Trinajstić information content (AvgIpc) is 2.75. The van der Waals surface area contributed by atoms with Crippen LogP contribution in [0.1, 0.15) is 11.3 Å². The quantitative estimate of drug-likeness (QED) is 0.529. The molecule has 0 unspecified atom stereocenters. The maximum atomic E-state index is 13.4. The largest absolute Gasteiger partial charge is 0.253 e. The third-order valence-electron chi connectivity index (χ3n) is 2.05. The number of aryl methyl sites for hydroxylation is 1. The molecule has 1 aromatic carbocycles. The van der Waals surface area contributed by atoms with Gasteiger partial charge in [-0.3, -0.25) is 5.43 Å². The van der Waals surface area contributed by atoms with E-state index < -0.39 is 11.6 Å². The molecule has 0 amide bonds. The maximum Gasteiger partial charge on any atom is 0.203 e. The number of rotatable bonds is 3. The Bertz CT molecular complexity index is 598. The summed E-state index contributed by atoms with van der Waals surface area (Å²) in [5, 5.41) is 5.95. The monoisotopic (exact) mass is 287 g/mol. The molecule has 7 heteroatoms. The van der Waals surface area contributed by atoms with Crippen molar-refractivity contribution < 1.29 is 8.78 Å². The Kier molecular flexibility index (Phi) is 3.88. The van der Waals surface area contributed by atoms with Crippen molar-refractivity contribution in [3.8, 4) is 0 Å². The lowest BCUT2D eigenvalue weighted by molar-refractivity contribution is 0.508. The van der Waals surface area contributed by atoms with E-state index in [1.54, 1.807) is 0 Å². The van der Waals surface area contributed by atoms with Crippen LogP contribution in [0, 0.1) is 18.6 Å². The summed E-state index contributed by atoms with van der Waals surface area (Å²) in [5.41, 5.74) is 3.50. The molecule has 0 aliphatic heterocycles. The zero-order chi connectivity index (χ0) is 13.1. The van der Waals surface area contributed by atoms with E-state index in [1.807, 2.05) is 12.3 Å². The first-order chi connectivity index (χ1) is 8.58. The van der Waals surface area contributed by atoms with Crippen LogP contribution in [0.15, 0.2) is 22.6 Å². The molecule has 0 fully saturated rings. The van der Waals surface area contributed by atoms with E-state index in [2.05, 4.69) is 15.5 Å². The number of benzene rings is 1. The Labute approximate surface area is 111 Å². The van der Waals surface area contributed by atoms with E-state index in [0.717, 1.165) is 5.69 Å². The van der Waals surface area contributed by atoms with Crippen molar-refractivity contribution >= 4 is 34.3 Å². The number of hydrogen-bond donors (Lipinski definition) is 1. The first-order valence-corrected chi connectivity index (χ1v) is 6.18. The fraction of sp³-hybridized carbons (Fsp3) is 0.0909. The zero-order valence-corrected chi connectivity index (χ0v) is 10.8. The van der Waals surface area contributed by atoms with Crippen LogP contribution in [0.3, 0.4) is 0 Å². The third kappa shape index (κ3) is 2.83. The lowest BCUT2D eigenvalue weighted by atomic mass is 10.2. The molecule has 2 rings (SSSR count). The Morgan fingerprint density at radius 2 is 2.17 bits per heavy atom. The van der Waals surface area contributed by atoms with Crippen molar-refractivity contribution in [2.24, 2.45) is 5.10 Å². The van der Waals surface area contributed by atoms with Crippen LogP contribution in [0.2, 0.25) is 5.02 Å². The molecule has 3 nitrogen and oxygen atoms in total. The highest BCUT2D eigenvalue weighted by molar-refractivity contribution is 7.13. The number of aromatic nitrogens is 1. The molecule has 18 heavy (non-hydrogen) atoms. The average molecular weight is 288 g/mol. The summed E-state index contributed by atoms with van der Waals surface area (Å²) in [7, 11) is 0. The first kappa shape index (κ1) is 12.9. The summed E-state index contributed by atoms with van der Waals surface area (Å²) in [5.74, 6) is -2.10. The van der Waals surface area contributed by atoms with E-state index in [0.29, 0.717) is 5.13 Å². The first-order valence-electron chi connectivity index (χ1n) is 4.92. The van der Waals surface area contributed by atoms with Crippen molar-refractivity contribution in [3.63, 3.8) is 0 Å². The molecule has 1 heterocycles. The molecule has 1 N–H and O–H groups in total. The lowest BCUT2D eigenvalue weighted by Crippen LogP contribution is -1.96. The van der Waals surface area contributed by atoms with Gasteiger partial charge in [0.1, 0.15) is 0 Å². The molecule has 0 aliphatic rings. The number of halogens is 3. The fourth-order valence-corrected chi connectivity index (χ4v) is 1.99. The molecule has 0 saturated carbocycles. The van der Waals surface area contributed by atoms with E-state index in [9.17, 15) is 8.78 Å². The molecular formula is C11H8ClF2N3S. The highest BCUT2D eigenvalue weighted by Crippen LogP contribution is 2.19. The summed E-state index contributed by atoms with van der Waals surface area (Å²) in [6.07, 6.45) is 1.17. The van der Waals surface area contributed by atoms with Crippen LogP contribution in [0.25, 0.3) is 0 Å². The van der Waals surface area contributed by atoms with E-state index in [1.165, 1.54) is 29.7 Å². The van der Waals surface area contributed by atoms with Gasteiger partial charge in [-0.25, -0.2) is 13.8 Å². The second-order valence-electron chi connectivity index (χ2n) is 3.43. The van der Waals surface area contributed by atoms with Crippen LogP contribution in [-0.2, 0) is 0 Å². The van der Waals surface area contributed by atoms with Gasteiger partial charge in [0.25, 0.3) is 0 Å². The highest BCUT2D eigenvalue weighted by Gasteiger charge is 2.10. The summed E-state index contributed by atoms with van der Waals surface area (Å²) < 4.78 is 26.5. The number of nitrogens with one attached hydrogen (secondary N) is 1. The SMILES string of the molecule is Cc1csc(NN=Cc2ccc(Cl)c(F)c2F)n1. The molecule has 2 aromatic rings. The van der Waals surface area contributed by atoms with Gasteiger partial charge in [-0.1, -0.05) is 11.6 Å². The smallest absolute Gasteiger partial charge is 0.203 e. The summed E-state index contributed by atoms with van der Waals surface area (Å²) in [6, 6.07) is 2.62. The number of hydrazone groups is 1. The highest BCUT2D eigenvalue weighted by atomic mass is 35.5. The van der Waals surface area contributed by atoms with Gasteiger partial charge in [0.2, 0.25) is 5.13 Å². The predicted octanol–water partition coefficient (Wildman–Crippen LogP) is 3.83. The second-order valence-corrected chi connectivity index (χ2v) is 4.69. The molecule has 0 aliphatic carbocycles. The second kappa shape index (κ2) is 5.41. The van der Waals surface area contributed by atoms with Gasteiger partial charge in [0.05, 0.1) is 16.9 Å². The lowest BCUT2D eigenvalue weighted by Gasteiger charge is -1.99. The summed E-state index contributed by atoms with van der Waals surface area (Å²) in [6.45, 7) is 1.85. The molecule has 1 aromatic heterocycles. The minimum Gasteiger partial charge on any atom is -0.253 e. The van der Waals surface area contributed by atoms with Gasteiger partial charge >= 0.3 is 0 Å². The number of hydrogen-bond acceptors (Lipinski definition) is 4. The molecule has 0 bridgehead atoms. The Morgan fingerprint density at radius 3 is 2.83 bits per heavy atom. The van der Waals surface area contributed by atoms with Crippen LogP contribution in [0.5, 0.6) is 0 Å². The van der Waals surface area contributed by atoms with Crippen LogP contribution >= 0.6 is 22.9 Å². The molecule has 0 radical (unpaired) electrons. The van der Waals surface area contributed by atoms with Crippen molar-refractivity contribution in [1.82, 2.24) is 4.98 Å². The normalized spacial score (nSPS) is 11.1. The van der Waals surface area contributed by atoms with E-state index >= 15 is 0 Å². The number of thiazole rings is 1. The van der Waals surface area contributed by atoms with Gasteiger partial charge in [0.15, 0.2) is 11.6 Å². The number of anilines is 1. The van der Waals surface area contributed by atoms with Gasteiger partial charge in [-0.05, 0) is 19.1 Å². The van der Waals surface area contributed by atoms with E-state index in [4.69, 9.17) is 11.6 Å². The van der Waals surface area contributed by atoms with Gasteiger partial charge in [-0.15, -0.1) is 11.3 Å². The predicted molar refractivity (Wildman–Crippen MR) is 69.4 cm³/mol. The Hall–Kier alpha value is -1.53. The molecule has 0 saturated heterocycles. The fourth-order valence-electron chi connectivity index (χ4n) is 1.20. The molecule has 0 spiro atoms.